The van der Waals surface area contributed by atoms with Crippen LogP contribution >= 0.6 is 0 Å². The van der Waals surface area contributed by atoms with E-state index in [1.165, 1.54) is 0 Å². The minimum absolute atomic E-state index is 0.178. The summed E-state index contributed by atoms with van der Waals surface area (Å²) in [6, 6.07) is 8.97. The van der Waals surface area contributed by atoms with Gasteiger partial charge in [0.15, 0.2) is 0 Å². The Kier molecular flexibility index (Phi) is 4.15. The van der Waals surface area contributed by atoms with Crippen LogP contribution in [-0.4, -0.2) is 18.5 Å². The zero-order valence-corrected chi connectivity index (χ0v) is 8.32. The molecule has 0 heterocycles. The lowest BCUT2D eigenvalue weighted by Gasteiger charge is -2.06. The van der Waals surface area contributed by atoms with Crippen LogP contribution in [0.1, 0.15) is 6.92 Å². The van der Waals surface area contributed by atoms with Gasteiger partial charge in [-0.1, -0.05) is 18.2 Å². The summed E-state index contributed by atoms with van der Waals surface area (Å²) in [6.07, 6.45) is 0. The van der Waals surface area contributed by atoms with Crippen molar-refractivity contribution in [2.24, 2.45) is 0 Å². The summed E-state index contributed by atoms with van der Waals surface area (Å²) in [5.41, 5.74) is 5.49. The second-order valence-electron chi connectivity index (χ2n) is 2.67. The van der Waals surface area contributed by atoms with E-state index in [9.17, 15) is 9.59 Å². The predicted octanol–water partition coefficient (Wildman–Crippen LogP) is 0.693. The van der Waals surface area contributed by atoms with E-state index in [2.05, 4.69) is 15.6 Å². The molecule has 0 spiro atoms. The highest BCUT2D eigenvalue weighted by molar-refractivity contribution is 6.32. The summed E-state index contributed by atoms with van der Waals surface area (Å²) >= 11 is 0. The molecule has 0 saturated carbocycles. The van der Waals surface area contributed by atoms with Crippen molar-refractivity contribution in [3.05, 3.63) is 30.3 Å². The number of rotatable bonds is 3. The third-order valence-corrected chi connectivity index (χ3v) is 1.55. The molecule has 15 heavy (non-hydrogen) atoms. The van der Waals surface area contributed by atoms with Crippen LogP contribution in [0.2, 0.25) is 0 Å². The zero-order valence-electron chi connectivity index (χ0n) is 8.32. The number of ether oxygens (including phenoxy) is 1. The number of nitrogens with one attached hydrogen (secondary N) is 2. The molecule has 2 N–H and O–H groups in total. The van der Waals surface area contributed by atoms with E-state index < -0.39 is 11.9 Å². The zero-order chi connectivity index (χ0) is 11.1. The predicted molar refractivity (Wildman–Crippen MR) is 54.8 cm³/mol. The molecule has 0 unspecified atom stereocenters. The topological polar surface area (TPSA) is 67.4 Å². The first-order chi connectivity index (χ1) is 7.24. The van der Waals surface area contributed by atoms with E-state index in [0.29, 0.717) is 5.69 Å². The highest BCUT2D eigenvalue weighted by Crippen LogP contribution is 2.02. The van der Waals surface area contributed by atoms with Crippen LogP contribution in [0.3, 0.4) is 0 Å². The summed E-state index contributed by atoms with van der Waals surface area (Å²) in [5, 5.41) is 0. The van der Waals surface area contributed by atoms with Crippen LogP contribution in [0, 0.1) is 0 Å². The van der Waals surface area contributed by atoms with Crippen molar-refractivity contribution in [3.8, 4) is 0 Å². The van der Waals surface area contributed by atoms with Gasteiger partial charge in [0.25, 0.3) is 0 Å². The second kappa shape index (κ2) is 5.64. The molecule has 80 valence electrons. The van der Waals surface area contributed by atoms with Crippen molar-refractivity contribution in [3.63, 3.8) is 0 Å². The Morgan fingerprint density at radius 2 is 1.93 bits per heavy atom. The molecule has 0 bridgehead atoms. The van der Waals surface area contributed by atoms with Crippen molar-refractivity contribution in [1.82, 2.24) is 5.43 Å². The molecule has 0 radical (unpaired) electrons. The normalized spacial score (nSPS) is 9.13. The van der Waals surface area contributed by atoms with Gasteiger partial charge in [-0.15, -0.1) is 0 Å². The van der Waals surface area contributed by atoms with E-state index in [1.807, 2.05) is 6.07 Å². The van der Waals surface area contributed by atoms with Gasteiger partial charge in [-0.3, -0.25) is 15.6 Å². The SMILES string of the molecule is CCOC(=O)C(=O)NNc1ccccc1. The van der Waals surface area contributed by atoms with Crippen molar-refractivity contribution >= 4 is 17.6 Å². The van der Waals surface area contributed by atoms with Crippen molar-refractivity contribution < 1.29 is 14.3 Å². The Morgan fingerprint density at radius 3 is 2.53 bits per heavy atom. The maximum atomic E-state index is 11.1. The summed E-state index contributed by atoms with van der Waals surface area (Å²) in [4.78, 5) is 21.9. The monoisotopic (exact) mass is 208 g/mol. The molecular formula is C10H12N2O3. The Bertz CT molecular complexity index is 338. The lowest BCUT2D eigenvalue weighted by molar-refractivity contribution is -0.154. The highest BCUT2D eigenvalue weighted by atomic mass is 16.5. The maximum absolute atomic E-state index is 11.1. The smallest absolute Gasteiger partial charge is 0.398 e. The summed E-state index contributed by atoms with van der Waals surface area (Å²) < 4.78 is 4.50. The molecule has 5 nitrogen and oxygen atoms in total. The van der Waals surface area contributed by atoms with Crippen molar-refractivity contribution in [2.75, 3.05) is 12.0 Å². The minimum atomic E-state index is -0.902. The van der Waals surface area contributed by atoms with Gasteiger partial charge in [-0.05, 0) is 19.1 Å². The highest BCUT2D eigenvalue weighted by Gasteiger charge is 2.13. The Morgan fingerprint density at radius 1 is 1.27 bits per heavy atom. The number of amides is 1. The fourth-order valence-corrected chi connectivity index (χ4v) is 0.898. The Hall–Kier alpha value is -2.04. The molecule has 1 aromatic rings. The van der Waals surface area contributed by atoms with E-state index in [4.69, 9.17) is 0 Å². The first kappa shape index (κ1) is 11.0. The van der Waals surface area contributed by atoms with Crippen LogP contribution in [-0.2, 0) is 14.3 Å². The second-order valence-corrected chi connectivity index (χ2v) is 2.67. The molecule has 1 aromatic carbocycles. The van der Waals surface area contributed by atoms with Crippen LogP contribution in [0.4, 0.5) is 5.69 Å². The average Bonchev–Trinajstić information content (AvgIpc) is 2.27. The van der Waals surface area contributed by atoms with Crippen molar-refractivity contribution in [1.29, 1.82) is 0 Å². The molecule has 0 aliphatic carbocycles. The average molecular weight is 208 g/mol. The molecule has 1 rings (SSSR count). The van der Waals surface area contributed by atoms with E-state index in [1.54, 1.807) is 31.2 Å². The third kappa shape index (κ3) is 3.68. The number of carbonyl (C=O) groups is 2. The molecule has 0 aliphatic heterocycles. The van der Waals surface area contributed by atoms with E-state index in [-0.39, 0.29) is 6.61 Å². The lowest BCUT2D eigenvalue weighted by Crippen LogP contribution is -2.36. The van der Waals surface area contributed by atoms with Crippen LogP contribution in [0.15, 0.2) is 30.3 Å². The van der Waals surface area contributed by atoms with Crippen LogP contribution < -0.4 is 10.9 Å². The number of carbonyl (C=O) groups excluding carboxylic acids is 2. The Labute approximate surface area is 87.4 Å². The number of esters is 1. The van der Waals surface area contributed by atoms with Gasteiger partial charge in [-0.2, -0.15) is 0 Å². The molecule has 0 fully saturated rings. The van der Waals surface area contributed by atoms with Gasteiger partial charge in [0, 0.05) is 0 Å². The fraction of sp³-hybridized carbons (Fsp3) is 0.200. The van der Waals surface area contributed by atoms with Crippen molar-refractivity contribution in [2.45, 2.75) is 6.92 Å². The van der Waals surface area contributed by atoms with E-state index in [0.717, 1.165) is 0 Å². The third-order valence-electron chi connectivity index (χ3n) is 1.55. The summed E-state index contributed by atoms with van der Waals surface area (Å²) in [5.74, 6) is -1.72. The molecular weight excluding hydrogens is 196 g/mol. The molecule has 0 aromatic heterocycles. The van der Waals surface area contributed by atoms with E-state index >= 15 is 0 Å². The number of hydrogen-bond donors (Lipinski definition) is 2. The number of benzene rings is 1. The van der Waals surface area contributed by atoms with Crippen LogP contribution in [0.5, 0.6) is 0 Å². The van der Waals surface area contributed by atoms with Gasteiger partial charge in [0.05, 0.1) is 12.3 Å². The molecule has 0 atom stereocenters. The molecule has 5 heteroatoms. The summed E-state index contributed by atoms with van der Waals surface area (Å²) in [6.45, 7) is 1.81. The number of para-hydroxylation sites is 1. The number of anilines is 1. The Balaban J connectivity index is 2.38. The van der Waals surface area contributed by atoms with Gasteiger partial charge < -0.3 is 4.74 Å². The number of hydrogen-bond acceptors (Lipinski definition) is 4. The molecule has 1 amide bonds. The first-order valence-corrected chi connectivity index (χ1v) is 4.52. The molecule has 0 saturated heterocycles. The standard InChI is InChI=1S/C10H12N2O3/c1-2-15-10(14)9(13)12-11-8-6-4-3-5-7-8/h3-7,11H,2H2,1H3,(H,12,13). The quantitative estimate of drug-likeness (QED) is 0.435. The first-order valence-electron chi connectivity index (χ1n) is 4.52. The van der Waals surface area contributed by atoms with Gasteiger partial charge in [0.2, 0.25) is 0 Å². The lowest BCUT2D eigenvalue weighted by atomic mass is 10.3. The number of hydrazine groups is 1. The largest absolute Gasteiger partial charge is 0.459 e. The van der Waals surface area contributed by atoms with Gasteiger partial charge in [-0.25, -0.2) is 4.79 Å². The summed E-state index contributed by atoms with van der Waals surface area (Å²) in [7, 11) is 0. The van der Waals surface area contributed by atoms with Gasteiger partial charge in [0.1, 0.15) is 0 Å². The fourth-order valence-electron chi connectivity index (χ4n) is 0.898. The van der Waals surface area contributed by atoms with Crippen LogP contribution in [0.25, 0.3) is 0 Å². The maximum Gasteiger partial charge on any atom is 0.398 e. The van der Waals surface area contributed by atoms with Gasteiger partial charge >= 0.3 is 11.9 Å². The minimum Gasteiger partial charge on any atom is -0.459 e. The molecule has 0 aliphatic rings.